The lowest BCUT2D eigenvalue weighted by atomic mass is 9.98. The van der Waals surface area contributed by atoms with Crippen LogP contribution in [0.5, 0.6) is 0 Å². The van der Waals surface area contributed by atoms with E-state index in [1.54, 1.807) is 0 Å². The number of hydrogen-bond acceptors (Lipinski definition) is 5. The minimum atomic E-state index is 0.537. The molecule has 0 bridgehead atoms. The van der Waals surface area contributed by atoms with Gasteiger partial charge in [-0.3, -0.25) is 4.57 Å². The van der Waals surface area contributed by atoms with E-state index in [2.05, 4.69) is 89.5 Å². The van der Waals surface area contributed by atoms with Crippen molar-refractivity contribution in [2.45, 2.75) is 0 Å². The second-order valence-corrected chi connectivity index (χ2v) is 12.8. The fraction of sp³-hybridized carbons (Fsp3) is 0. The number of nitrogens with zero attached hydrogens (tertiary/aromatic N) is 5. The summed E-state index contributed by atoms with van der Waals surface area (Å²) in [5, 5.41) is 13.6. The van der Waals surface area contributed by atoms with Crippen molar-refractivity contribution >= 4 is 43.7 Å². The van der Waals surface area contributed by atoms with Crippen molar-refractivity contribution in [1.82, 2.24) is 19.5 Å². The summed E-state index contributed by atoms with van der Waals surface area (Å²) in [6, 6.07) is 57.5. The van der Waals surface area contributed by atoms with E-state index in [1.165, 1.54) is 0 Å². The van der Waals surface area contributed by atoms with Gasteiger partial charge in [0.25, 0.3) is 0 Å². The lowest BCUT2D eigenvalue weighted by Gasteiger charge is -2.11. The zero-order valence-corrected chi connectivity index (χ0v) is 27.7. The summed E-state index contributed by atoms with van der Waals surface area (Å²) >= 11 is 0. The molecule has 10 aromatic rings. The van der Waals surface area contributed by atoms with Crippen LogP contribution in [0.2, 0.25) is 0 Å². The Labute approximate surface area is 298 Å². The molecule has 10 rings (SSSR count). The summed E-state index contributed by atoms with van der Waals surface area (Å²) < 4.78 is 8.62. The van der Waals surface area contributed by atoms with Crippen LogP contribution in [0.4, 0.5) is 0 Å². The highest BCUT2D eigenvalue weighted by Crippen LogP contribution is 2.39. The number of nitriles is 1. The third-order valence-corrected chi connectivity index (χ3v) is 9.71. The Morgan fingerprint density at radius 3 is 1.81 bits per heavy atom. The van der Waals surface area contributed by atoms with E-state index >= 15 is 0 Å². The lowest BCUT2D eigenvalue weighted by molar-refractivity contribution is 0.669. The first-order valence-electron chi connectivity index (χ1n) is 17.1. The van der Waals surface area contributed by atoms with Crippen molar-refractivity contribution < 1.29 is 4.42 Å². The van der Waals surface area contributed by atoms with Crippen LogP contribution in [0.25, 0.3) is 94.7 Å². The van der Waals surface area contributed by atoms with Gasteiger partial charge in [0.1, 0.15) is 11.2 Å². The molecular formula is C46H27N5O. The van der Waals surface area contributed by atoms with Crippen molar-refractivity contribution in [3.8, 4) is 57.0 Å². The summed E-state index contributed by atoms with van der Waals surface area (Å²) in [5.41, 5.74) is 10.2. The van der Waals surface area contributed by atoms with Crippen molar-refractivity contribution in [2.75, 3.05) is 0 Å². The molecule has 52 heavy (non-hydrogen) atoms. The van der Waals surface area contributed by atoms with Gasteiger partial charge < -0.3 is 4.42 Å². The smallest absolute Gasteiger partial charge is 0.238 e. The van der Waals surface area contributed by atoms with E-state index in [4.69, 9.17) is 19.4 Å². The van der Waals surface area contributed by atoms with E-state index < -0.39 is 0 Å². The monoisotopic (exact) mass is 665 g/mol. The van der Waals surface area contributed by atoms with Crippen LogP contribution in [0.1, 0.15) is 5.56 Å². The van der Waals surface area contributed by atoms with Crippen LogP contribution in [0.15, 0.2) is 168 Å². The van der Waals surface area contributed by atoms with Gasteiger partial charge in [-0.15, -0.1) is 0 Å². The Bertz CT molecular complexity index is 2970. The third-order valence-electron chi connectivity index (χ3n) is 9.71. The summed E-state index contributed by atoms with van der Waals surface area (Å²) in [6.07, 6.45) is 0. The van der Waals surface area contributed by atoms with Crippen molar-refractivity contribution in [3.63, 3.8) is 0 Å². The Hall–Kier alpha value is -7.36. The van der Waals surface area contributed by atoms with E-state index in [0.717, 1.165) is 77.1 Å². The Morgan fingerprint density at radius 1 is 0.462 bits per heavy atom. The standard InChI is InChI=1S/C46H27N5O/c47-28-29-20-22-31(23-21-29)35-16-9-19-41-43(35)38-25-24-34(27-42(38)52-41)45-48-44(33-13-8-12-32(26-33)30-10-2-1-3-11-30)49-46(50-45)51-39-17-6-4-14-36(39)37-15-5-7-18-40(37)51/h1-27H. The summed E-state index contributed by atoms with van der Waals surface area (Å²) in [4.78, 5) is 15.4. The number of benzene rings is 7. The number of para-hydroxylation sites is 2. The highest BCUT2D eigenvalue weighted by Gasteiger charge is 2.19. The van der Waals surface area contributed by atoms with E-state index in [-0.39, 0.29) is 0 Å². The molecule has 0 unspecified atom stereocenters. The molecule has 0 N–H and O–H groups in total. The van der Waals surface area contributed by atoms with Crippen LogP contribution in [0.3, 0.4) is 0 Å². The summed E-state index contributed by atoms with van der Waals surface area (Å²) in [7, 11) is 0. The second kappa shape index (κ2) is 11.9. The molecule has 3 aromatic heterocycles. The Morgan fingerprint density at radius 2 is 1.08 bits per heavy atom. The summed E-state index contributed by atoms with van der Waals surface area (Å²) in [5.74, 6) is 1.66. The summed E-state index contributed by atoms with van der Waals surface area (Å²) in [6.45, 7) is 0. The maximum absolute atomic E-state index is 9.32. The van der Waals surface area contributed by atoms with E-state index in [9.17, 15) is 5.26 Å². The molecule has 0 saturated carbocycles. The van der Waals surface area contributed by atoms with Crippen molar-refractivity contribution in [1.29, 1.82) is 5.26 Å². The molecule has 0 radical (unpaired) electrons. The Kier molecular flexibility index (Phi) is 6.76. The normalized spacial score (nSPS) is 11.4. The molecule has 0 aliphatic carbocycles. The maximum Gasteiger partial charge on any atom is 0.238 e. The van der Waals surface area contributed by atoms with Gasteiger partial charge in [0.2, 0.25) is 5.95 Å². The first-order chi connectivity index (χ1) is 25.7. The fourth-order valence-corrected chi connectivity index (χ4v) is 7.26. The van der Waals surface area contributed by atoms with Gasteiger partial charge in [0.05, 0.1) is 22.7 Å². The molecule has 6 heteroatoms. The number of fused-ring (bicyclic) bond motifs is 6. The second-order valence-electron chi connectivity index (χ2n) is 12.8. The maximum atomic E-state index is 9.32. The molecule has 0 aliphatic heterocycles. The molecule has 0 amide bonds. The quantitative estimate of drug-likeness (QED) is 0.183. The molecule has 3 heterocycles. The van der Waals surface area contributed by atoms with E-state index in [0.29, 0.717) is 23.2 Å². The average molecular weight is 666 g/mol. The molecule has 0 saturated heterocycles. The SMILES string of the molecule is N#Cc1ccc(-c2cccc3oc4cc(-c5nc(-c6cccc(-c7ccccc7)c6)nc(-n6c7ccccc7c7ccccc76)n5)ccc4c23)cc1. The van der Waals surface area contributed by atoms with Crippen molar-refractivity contribution in [2.24, 2.45) is 0 Å². The van der Waals surface area contributed by atoms with Gasteiger partial charge in [0.15, 0.2) is 11.6 Å². The van der Waals surface area contributed by atoms with E-state index in [1.807, 2.05) is 84.9 Å². The Balaban J connectivity index is 1.18. The topological polar surface area (TPSA) is 80.5 Å². The third kappa shape index (κ3) is 4.84. The predicted octanol–water partition coefficient (Wildman–Crippen LogP) is 11.4. The molecule has 242 valence electrons. The number of aromatic nitrogens is 4. The fourth-order valence-electron chi connectivity index (χ4n) is 7.26. The zero-order valence-electron chi connectivity index (χ0n) is 27.7. The average Bonchev–Trinajstić information content (AvgIpc) is 3.77. The first kappa shape index (κ1) is 29.5. The number of rotatable bonds is 5. The lowest BCUT2D eigenvalue weighted by Crippen LogP contribution is -2.06. The predicted molar refractivity (Wildman–Crippen MR) is 208 cm³/mol. The van der Waals surface area contributed by atoms with Crippen LogP contribution < -0.4 is 0 Å². The molecule has 0 aliphatic rings. The highest BCUT2D eigenvalue weighted by molar-refractivity contribution is 6.13. The molecule has 0 atom stereocenters. The number of furan rings is 1. The largest absolute Gasteiger partial charge is 0.456 e. The molecule has 0 spiro atoms. The molecule has 0 fully saturated rings. The van der Waals surface area contributed by atoms with Crippen molar-refractivity contribution in [3.05, 3.63) is 169 Å². The van der Waals surface area contributed by atoms with Gasteiger partial charge in [-0.1, -0.05) is 115 Å². The van der Waals surface area contributed by atoms with Crippen LogP contribution in [-0.4, -0.2) is 19.5 Å². The minimum Gasteiger partial charge on any atom is -0.456 e. The van der Waals surface area contributed by atoms with Gasteiger partial charge >= 0.3 is 0 Å². The first-order valence-corrected chi connectivity index (χ1v) is 17.1. The molecule has 7 aromatic carbocycles. The zero-order chi connectivity index (χ0) is 34.6. The van der Waals surface area contributed by atoms with Crippen LogP contribution in [0, 0.1) is 11.3 Å². The molecular weight excluding hydrogens is 639 g/mol. The highest BCUT2D eigenvalue weighted by atomic mass is 16.3. The van der Waals surface area contributed by atoms with Gasteiger partial charge in [-0.25, -0.2) is 4.98 Å². The van der Waals surface area contributed by atoms with Gasteiger partial charge in [0, 0.05) is 32.7 Å². The minimum absolute atomic E-state index is 0.537. The van der Waals surface area contributed by atoms with Crippen LogP contribution >= 0.6 is 0 Å². The van der Waals surface area contributed by atoms with Crippen LogP contribution in [-0.2, 0) is 0 Å². The van der Waals surface area contributed by atoms with Gasteiger partial charge in [-0.05, 0) is 70.8 Å². The molecule has 6 nitrogen and oxygen atoms in total. The van der Waals surface area contributed by atoms with Gasteiger partial charge in [-0.2, -0.15) is 15.2 Å². The number of hydrogen-bond donors (Lipinski definition) is 0.